The average molecular weight is 207 g/mol. The molecule has 0 spiro atoms. The zero-order chi connectivity index (χ0) is 10.5. The molecule has 1 saturated heterocycles. The van der Waals surface area contributed by atoms with E-state index in [9.17, 15) is 0 Å². The van der Waals surface area contributed by atoms with Crippen LogP contribution in [0.15, 0.2) is 18.3 Å². The summed E-state index contributed by atoms with van der Waals surface area (Å²) >= 11 is 0. The molecule has 0 saturated carbocycles. The topological polar surface area (TPSA) is 60.2 Å². The zero-order valence-corrected chi connectivity index (χ0v) is 8.78. The molecule has 15 heavy (non-hydrogen) atoms. The summed E-state index contributed by atoms with van der Waals surface area (Å²) in [5.41, 5.74) is 6.39. The number of nitrogens with one attached hydrogen (secondary N) is 1. The van der Waals surface area contributed by atoms with Crippen LogP contribution in [0.25, 0.3) is 0 Å². The van der Waals surface area contributed by atoms with Gasteiger partial charge in [-0.05, 0) is 25.3 Å². The highest BCUT2D eigenvalue weighted by Crippen LogP contribution is 2.14. The van der Waals surface area contributed by atoms with Crippen LogP contribution in [0.3, 0.4) is 0 Å². The van der Waals surface area contributed by atoms with Gasteiger partial charge in [-0.3, -0.25) is 0 Å². The van der Waals surface area contributed by atoms with Crippen molar-refractivity contribution >= 4 is 11.5 Å². The number of hydrogen-bond donors (Lipinski definition) is 2. The first-order valence-electron chi connectivity index (χ1n) is 5.41. The Morgan fingerprint density at radius 3 is 3.20 bits per heavy atom. The Hall–Kier alpha value is -1.29. The zero-order valence-electron chi connectivity index (χ0n) is 8.78. The van der Waals surface area contributed by atoms with Crippen molar-refractivity contribution in [1.29, 1.82) is 0 Å². The van der Waals surface area contributed by atoms with E-state index in [2.05, 4.69) is 10.3 Å². The van der Waals surface area contributed by atoms with Crippen LogP contribution in [0.2, 0.25) is 0 Å². The lowest BCUT2D eigenvalue weighted by molar-refractivity contribution is 0.0247. The Labute approximate surface area is 89.8 Å². The molecule has 2 heterocycles. The molecule has 1 fully saturated rings. The van der Waals surface area contributed by atoms with Gasteiger partial charge in [0.05, 0.1) is 6.10 Å². The molecule has 4 nitrogen and oxygen atoms in total. The van der Waals surface area contributed by atoms with Crippen LogP contribution >= 0.6 is 0 Å². The molecule has 0 aromatic carbocycles. The predicted octanol–water partition coefficient (Wildman–Crippen LogP) is 1.64. The number of ether oxygens (including phenoxy) is 1. The van der Waals surface area contributed by atoms with Crippen LogP contribution < -0.4 is 11.1 Å². The monoisotopic (exact) mass is 207 g/mol. The van der Waals surface area contributed by atoms with Gasteiger partial charge in [0.2, 0.25) is 0 Å². The van der Waals surface area contributed by atoms with E-state index in [1.807, 2.05) is 6.07 Å². The van der Waals surface area contributed by atoms with E-state index in [4.69, 9.17) is 10.5 Å². The third-order valence-electron chi connectivity index (χ3n) is 2.57. The molecule has 4 heteroatoms. The van der Waals surface area contributed by atoms with Gasteiger partial charge in [-0.1, -0.05) is 0 Å². The van der Waals surface area contributed by atoms with Gasteiger partial charge >= 0.3 is 0 Å². The van der Waals surface area contributed by atoms with Crippen molar-refractivity contribution < 1.29 is 4.74 Å². The number of nitrogen functional groups attached to an aromatic ring is 1. The van der Waals surface area contributed by atoms with E-state index in [-0.39, 0.29) is 0 Å². The summed E-state index contributed by atoms with van der Waals surface area (Å²) in [6.07, 6.45) is 5.61. The molecule has 1 aliphatic rings. The Morgan fingerprint density at radius 2 is 2.47 bits per heavy atom. The van der Waals surface area contributed by atoms with E-state index >= 15 is 0 Å². The van der Waals surface area contributed by atoms with Gasteiger partial charge in [-0.25, -0.2) is 4.98 Å². The first kappa shape index (κ1) is 10.2. The van der Waals surface area contributed by atoms with Gasteiger partial charge in [0, 0.05) is 31.1 Å². The van der Waals surface area contributed by atoms with Crippen molar-refractivity contribution in [3.05, 3.63) is 18.3 Å². The summed E-state index contributed by atoms with van der Waals surface area (Å²) in [6, 6.07) is 3.62. The number of nitrogens with zero attached hydrogens (tertiary/aromatic N) is 1. The maximum Gasteiger partial charge on any atom is 0.128 e. The lowest BCUT2D eigenvalue weighted by Crippen LogP contribution is -2.27. The first-order valence-corrected chi connectivity index (χ1v) is 5.41. The number of rotatable bonds is 3. The number of anilines is 2. The van der Waals surface area contributed by atoms with E-state index in [0.717, 1.165) is 31.1 Å². The van der Waals surface area contributed by atoms with Crippen LogP contribution in [0.1, 0.15) is 19.3 Å². The van der Waals surface area contributed by atoms with E-state index in [0.29, 0.717) is 6.10 Å². The average Bonchev–Trinajstić information content (AvgIpc) is 2.28. The summed E-state index contributed by atoms with van der Waals surface area (Å²) in [6.45, 7) is 1.70. The quantitative estimate of drug-likeness (QED) is 0.791. The minimum absolute atomic E-state index is 0.321. The lowest BCUT2D eigenvalue weighted by atomic mass is 10.1. The van der Waals surface area contributed by atoms with Crippen molar-refractivity contribution in [2.45, 2.75) is 25.4 Å². The standard InChI is InChI=1S/C11H17N3O/c12-9-4-5-13-11(7-9)14-8-10-3-1-2-6-15-10/h4-5,7,10H,1-3,6,8H2,(H3,12,13,14). The van der Waals surface area contributed by atoms with Crippen LogP contribution in [0.4, 0.5) is 11.5 Å². The van der Waals surface area contributed by atoms with Crippen LogP contribution in [-0.2, 0) is 4.74 Å². The molecule has 1 aromatic rings. The predicted molar refractivity (Wildman–Crippen MR) is 60.7 cm³/mol. The Balaban J connectivity index is 1.81. The molecule has 0 amide bonds. The molecular weight excluding hydrogens is 190 g/mol. The van der Waals surface area contributed by atoms with Crippen molar-refractivity contribution in [2.24, 2.45) is 0 Å². The molecule has 1 aromatic heterocycles. The maximum absolute atomic E-state index is 5.66. The summed E-state index contributed by atoms with van der Waals surface area (Å²) in [5.74, 6) is 0.823. The van der Waals surface area contributed by atoms with Gasteiger partial charge < -0.3 is 15.8 Å². The largest absolute Gasteiger partial charge is 0.399 e. The highest BCUT2D eigenvalue weighted by atomic mass is 16.5. The second-order valence-electron chi connectivity index (χ2n) is 3.84. The highest BCUT2D eigenvalue weighted by molar-refractivity contribution is 5.48. The Bertz CT molecular complexity index is 310. The van der Waals surface area contributed by atoms with Gasteiger partial charge in [0.1, 0.15) is 5.82 Å². The van der Waals surface area contributed by atoms with Gasteiger partial charge in [-0.2, -0.15) is 0 Å². The van der Waals surface area contributed by atoms with E-state index in [1.165, 1.54) is 12.8 Å². The normalized spacial score (nSPS) is 21.2. The Morgan fingerprint density at radius 1 is 1.53 bits per heavy atom. The summed E-state index contributed by atoms with van der Waals surface area (Å²) in [7, 11) is 0. The van der Waals surface area contributed by atoms with Gasteiger partial charge in [0.25, 0.3) is 0 Å². The minimum Gasteiger partial charge on any atom is -0.399 e. The SMILES string of the molecule is Nc1ccnc(NCC2CCCCO2)c1. The van der Waals surface area contributed by atoms with Crippen molar-refractivity contribution in [2.75, 3.05) is 24.2 Å². The van der Waals surface area contributed by atoms with Gasteiger partial charge in [-0.15, -0.1) is 0 Å². The fourth-order valence-electron chi connectivity index (χ4n) is 1.73. The van der Waals surface area contributed by atoms with Gasteiger partial charge in [0.15, 0.2) is 0 Å². The van der Waals surface area contributed by atoms with Crippen LogP contribution in [-0.4, -0.2) is 24.2 Å². The molecule has 1 atom stereocenters. The highest BCUT2D eigenvalue weighted by Gasteiger charge is 2.13. The van der Waals surface area contributed by atoms with E-state index < -0.39 is 0 Å². The molecule has 0 aliphatic carbocycles. The second kappa shape index (κ2) is 4.98. The number of pyridine rings is 1. The molecule has 1 aliphatic heterocycles. The summed E-state index contributed by atoms with van der Waals surface area (Å²) in [4.78, 5) is 4.18. The molecule has 2 rings (SSSR count). The van der Waals surface area contributed by atoms with Crippen molar-refractivity contribution in [3.8, 4) is 0 Å². The third-order valence-corrected chi connectivity index (χ3v) is 2.57. The van der Waals surface area contributed by atoms with Crippen molar-refractivity contribution in [1.82, 2.24) is 4.98 Å². The Kier molecular flexibility index (Phi) is 3.40. The third kappa shape index (κ3) is 3.09. The number of aromatic nitrogens is 1. The summed E-state index contributed by atoms with van der Waals surface area (Å²) in [5, 5.41) is 3.24. The molecule has 82 valence electrons. The fourth-order valence-corrected chi connectivity index (χ4v) is 1.73. The van der Waals surface area contributed by atoms with E-state index in [1.54, 1.807) is 12.3 Å². The van der Waals surface area contributed by atoms with Crippen molar-refractivity contribution in [3.63, 3.8) is 0 Å². The first-order chi connectivity index (χ1) is 7.34. The van der Waals surface area contributed by atoms with Crippen LogP contribution in [0, 0.1) is 0 Å². The smallest absolute Gasteiger partial charge is 0.128 e. The molecule has 0 radical (unpaired) electrons. The molecular formula is C11H17N3O. The molecule has 0 bridgehead atoms. The molecule has 3 N–H and O–H groups in total. The lowest BCUT2D eigenvalue weighted by Gasteiger charge is -2.22. The van der Waals surface area contributed by atoms with Crippen LogP contribution in [0.5, 0.6) is 0 Å². The second-order valence-corrected chi connectivity index (χ2v) is 3.84. The molecule has 1 unspecified atom stereocenters. The number of nitrogens with two attached hydrogens (primary N) is 1. The maximum atomic E-state index is 5.66. The summed E-state index contributed by atoms with van der Waals surface area (Å²) < 4.78 is 5.61. The number of hydrogen-bond acceptors (Lipinski definition) is 4. The fraction of sp³-hybridized carbons (Fsp3) is 0.545. The minimum atomic E-state index is 0.321.